The lowest BCUT2D eigenvalue weighted by Crippen LogP contribution is -2.33. The van der Waals surface area contributed by atoms with Crippen molar-refractivity contribution in [1.82, 2.24) is 24.7 Å². The van der Waals surface area contributed by atoms with Crippen LogP contribution in [0, 0.1) is 5.82 Å². The van der Waals surface area contributed by atoms with Gasteiger partial charge in [-0.05, 0) is 81.7 Å². The lowest BCUT2D eigenvalue weighted by molar-refractivity contribution is 0.286. The second-order valence-electron chi connectivity index (χ2n) is 7.76. The number of benzene rings is 1. The van der Waals surface area contributed by atoms with Gasteiger partial charge in [-0.2, -0.15) is 0 Å². The summed E-state index contributed by atoms with van der Waals surface area (Å²) in [4.78, 5) is 9.00. The van der Waals surface area contributed by atoms with Crippen molar-refractivity contribution in [2.45, 2.75) is 18.5 Å². The third kappa shape index (κ3) is 4.22. The molecule has 2 aromatic heterocycles. The topological polar surface area (TPSA) is 36.3 Å². The van der Waals surface area contributed by atoms with E-state index in [4.69, 9.17) is 12.2 Å². The Morgan fingerprint density at radius 2 is 2.00 bits per heavy atom. The van der Waals surface area contributed by atoms with E-state index in [-0.39, 0.29) is 17.9 Å². The summed E-state index contributed by atoms with van der Waals surface area (Å²) >= 11 is 5.73. The Bertz CT molecular complexity index is 1000. The fraction of sp³-hybridized carbons (Fsp3) is 0.304. The van der Waals surface area contributed by atoms with Crippen molar-refractivity contribution in [3.05, 3.63) is 84.2 Å². The molecule has 0 bridgehead atoms. The van der Waals surface area contributed by atoms with Crippen LogP contribution in [-0.2, 0) is 0 Å². The maximum Gasteiger partial charge on any atom is 0.170 e. The fourth-order valence-electron chi connectivity index (χ4n) is 4.02. The molecule has 1 saturated heterocycles. The van der Waals surface area contributed by atoms with Crippen LogP contribution in [0.1, 0.15) is 29.9 Å². The fourth-order valence-corrected chi connectivity index (χ4v) is 4.35. The zero-order valence-corrected chi connectivity index (χ0v) is 18.0. The molecule has 1 N–H and O–H groups in total. The van der Waals surface area contributed by atoms with Crippen molar-refractivity contribution in [2.75, 3.05) is 27.2 Å². The summed E-state index contributed by atoms with van der Waals surface area (Å²) in [7, 11) is 4.15. The Morgan fingerprint density at radius 3 is 2.73 bits per heavy atom. The van der Waals surface area contributed by atoms with Crippen LogP contribution in [0.15, 0.2) is 67.0 Å². The molecule has 5 nitrogen and oxygen atoms in total. The predicted octanol–water partition coefficient (Wildman–Crippen LogP) is 3.94. The Hall–Kier alpha value is -2.77. The maximum atomic E-state index is 13.9. The van der Waals surface area contributed by atoms with Gasteiger partial charge < -0.3 is 19.7 Å². The van der Waals surface area contributed by atoms with Crippen molar-refractivity contribution in [3.63, 3.8) is 0 Å². The van der Waals surface area contributed by atoms with E-state index in [1.54, 1.807) is 18.3 Å². The Morgan fingerprint density at radius 1 is 1.13 bits per heavy atom. The van der Waals surface area contributed by atoms with Gasteiger partial charge in [0, 0.05) is 30.3 Å². The quantitative estimate of drug-likeness (QED) is 0.583. The van der Waals surface area contributed by atoms with Gasteiger partial charge in [-0.25, -0.2) is 4.39 Å². The SMILES string of the molecule is CN(C)CCCN1C(=S)NC(c2ccccn2)C1c1cccn1-c1cccc(F)c1. The van der Waals surface area contributed by atoms with Gasteiger partial charge >= 0.3 is 0 Å². The molecule has 3 heterocycles. The second kappa shape index (κ2) is 8.93. The average Bonchev–Trinajstić information content (AvgIpc) is 3.33. The van der Waals surface area contributed by atoms with E-state index in [0.717, 1.165) is 41.7 Å². The molecule has 1 aliphatic rings. The number of halogens is 1. The van der Waals surface area contributed by atoms with Crippen molar-refractivity contribution in [1.29, 1.82) is 0 Å². The minimum absolute atomic E-state index is 0.0483. The van der Waals surface area contributed by atoms with Crippen molar-refractivity contribution < 1.29 is 4.39 Å². The van der Waals surface area contributed by atoms with E-state index in [1.165, 1.54) is 6.07 Å². The monoisotopic (exact) mass is 423 g/mol. The van der Waals surface area contributed by atoms with Crippen LogP contribution in [0.4, 0.5) is 4.39 Å². The number of thiocarbonyl (C=S) groups is 1. The summed E-state index contributed by atoms with van der Waals surface area (Å²) < 4.78 is 16.0. The minimum Gasteiger partial charge on any atom is -0.352 e. The molecule has 1 aliphatic heterocycles. The molecule has 0 radical (unpaired) electrons. The summed E-state index contributed by atoms with van der Waals surface area (Å²) in [6.07, 6.45) is 4.76. The van der Waals surface area contributed by atoms with E-state index in [1.807, 2.05) is 41.1 Å². The number of aromatic nitrogens is 2. The van der Waals surface area contributed by atoms with Gasteiger partial charge in [0.2, 0.25) is 0 Å². The van der Waals surface area contributed by atoms with Crippen LogP contribution in [0.25, 0.3) is 5.69 Å². The highest BCUT2D eigenvalue weighted by atomic mass is 32.1. The molecule has 1 aromatic carbocycles. The number of hydrogen-bond donors (Lipinski definition) is 1. The summed E-state index contributed by atoms with van der Waals surface area (Å²) in [5, 5.41) is 4.20. The van der Waals surface area contributed by atoms with Crippen LogP contribution < -0.4 is 5.32 Å². The molecule has 1 fully saturated rings. The Balaban J connectivity index is 1.74. The first-order valence-electron chi connectivity index (χ1n) is 10.1. The molecule has 30 heavy (non-hydrogen) atoms. The number of rotatable bonds is 7. The van der Waals surface area contributed by atoms with E-state index in [2.05, 4.69) is 40.3 Å². The minimum atomic E-state index is -0.253. The molecule has 156 valence electrons. The molecule has 3 aromatic rings. The molecule has 0 aliphatic carbocycles. The first kappa shape index (κ1) is 20.5. The van der Waals surface area contributed by atoms with Gasteiger partial charge in [-0.15, -0.1) is 0 Å². The number of nitrogens with one attached hydrogen (secondary N) is 1. The zero-order chi connectivity index (χ0) is 21.1. The normalized spacial score (nSPS) is 18.8. The first-order valence-corrected chi connectivity index (χ1v) is 10.5. The molecular weight excluding hydrogens is 397 g/mol. The first-order chi connectivity index (χ1) is 14.5. The van der Waals surface area contributed by atoms with Gasteiger partial charge in [0.15, 0.2) is 5.11 Å². The number of nitrogens with zero attached hydrogens (tertiary/aromatic N) is 4. The van der Waals surface area contributed by atoms with E-state index < -0.39 is 0 Å². The Kier molecular flexibility index (Phi) is 6.11. The third-order valence-electron chi connectivity index (χ3n) is 5.37. The average molecular weight is 424 g/mol. The largest absolute Gasteiger partial charge is 0.352 e. The third-order valence-corrected chi connectivity index (χ3v) is 5.72. The molecule has 0 saturated carbocycles. The van der Waals surface area contributed by atoms with Gasteiger partial charge in [-0.3, -0.25) is 4.98 Å². The van der Waals surface area contributed by atoms with E-state index in [9.17, 15) is 4.39 Å². The molecule has 2 unspecified atom stereocenters. The van der Waals surface area contributed by atoms with Gasteiger partial charge in [0.1, 0.15) is 5.82 Å². The molecule has 7 heteroatoms. The van der Waals surface area contributed by atoms with E-state index in [0.29, 0.717) is 0 Å². The lowest BCUT2D eigenvalue weighted by atomic mass is 10.0. The molecule has 4 rings (SSSR count). The molecule has 0 amide bonds. The van der Waals surface area contributed by atoms with Crippen molar-refractivity contribution in [2.24, 2.45) is 0 Å². The van der Waals surface area contributed by atoms with Gasteiger partial charge in [0.25, 0.3) is 0 Å². The van der Waals surface area contributed by atoms with Gasteiger partial charge in [-0.1, -0.05) is 12.1 Å². The van der Waals surface area contributed by atoms with Crippen LogP contribution in [0.3, 0.4) is 0 Å². The van der Waals surface area contributed by atoms with E-state index >= 15 is 0 Å². The number of hydrogen-bond acceptors (Lipinski definition) is 3. The maximum absolute atomic E-state index is 13.9. The molecule has 2 atom stereocenters. The summed E-state index contributed by atoms with van der Waals surface area (Å²) in [5.41, 5.74) is 2.78. The number of pyridine rings is 1. The van der Waals surface area contributed by atoms with Crippen molar-refractivity contribution in [3.8, 4) is 5.69 Å². The smallest absolute Gasteiger partial charge is 0.170 e. The van der Waals surface area contributed by atoms with Gasteiger partial charge in [0.05, 0.1) is 17.8 Å². The molecule has 0 spiro atoms. The Labute approximate surface area is 182 Å². The van der Waals surface area contributed by atoms with Crippen LogP contribution in [0.5, 0.6) is 0 Å². The zero-order valence-electron chi connectivity index (χ0n) is 17.2. The predicted molar refractivity (Wildman–Crippen MR) is 121 cm³/mol. The highest BCUT2D eigenvalue weighted by molar-refractivity contribution is 7.80. The highest BCUT2D eigenvalue weighted by Crippen LogP contribution is 2.39. The summed E-state index contributed by atoms with van der Waals surface area (Å²) in [6, 6.07) is 16.5. The summed E-state index contributed by atoms with van der Waals surface area (Å²) in [5.74, 6) is -0.253. The van der Waals surface area contributed by atoms with Crippen LogP contribution >= 0.6 is 12.2 Å². The lowest BCUT2D eigenvalue weighted by Gasteiger charge is -2.29. The second-order valence-corrected chi connectivity index (χ2v) is 8.15. The van der Waals surface area contributed by atoms with Crippen LogP contribution in [-0.4, -0.2) is 51.6 Å². The van der Waals surface area contributed by atoms with Crippen molar-refractivity contribution >= 4 is 17.3 Å². The summed E-state index contributed by atoms with van der Waals surface area (Å²) in [6.45, 7) is 1.80. The highest BCUT2D eigenvalue weighted by Gasteiger charge is 2.40. The molecular formula is C23H26FN5S. The standard InChI is InChI=1S/C23H26FN5S/c1-27(2)13-7-15-29-22(21(26-23(29)30)19-10-3-4-12-25-19)20-11-6-14-28(20)18-9-5-8-17(24)16-18/h3-6,8-12,14,16,21-22H,7,13,15H2,1-2H3,(H,26,30). The van der Waals surface area contributed by atoms with Crippen LogP contribution in [0.2, 0.25) is 0 Å².